The second-order valence-electron chi connectivity index (χ2n) is 9.23. The van der Waals surface area contributed by atoms with Gasteiger partial charge in [-0.15, -0.1) is 0 Å². The molecule has 180 valence electrons. The Bertz CT molecular complexity index is 1200. The Morgan fingerprint density at radius 2 is 1.66 bits per heavy atom. The Hall–Kier alpha value is -4.07. The summed E-state index contributed by atoms with van der Waals surface area (Å²) in [5.74, 6) is -1.45. The lowest BCUT2D eigenvalue weighted by Crippen LogP contribution is -2.50. The van der Waals surface area contributed by atoms with Crippen LogP contribution in [0.15, 0.2) is 66.9 Å². The number of ether oxygens (including phenoxy) is 1. The Balaban J connectivity index is 1.24. The van der Waals surface area contributed by atoms with E-state index < -0.39 is 29.4 Å². The van der Waals surface area contributed by atoms with Crippen molar-refractivity contribution in [3.8, 4) is 11.1 Å². The molecule has 0 bridgehead atoms. The first-order chi connectivity index (χ1) is 17.0. The van der Waals surface area contributed by atoms with Crippen LogP contribution >= 0.6 is 0 Å². The summed E-state index contributed by atoms with van der Waals surface area (Å²) in [5, 5.41) is 14.8. The molecule has 2 amide bonds. The lowest BCUT2D eigenvalue weighted by molar-refractivity contribution is -0.143. The first-order valence-corrected chi connectivity index (χ1v) is 11.7. The molecule has 1 unspecified atom stereocenters. The van der Waals surface area contributed by atoms with E-state index in [1.54, 1.807) is 12.3 Å². The van der Waals surface area contributed by atoms with Gasteiger partial charge in [0.1, 0.15) is 12.6 Å². The number of fused-ring (bicyclic) bond motifs is 3. The van der Waals surface area contributed by atoms with Crippen LogP contribution in [-0.4, -0.2) is 47.3 Å². The summed E-state index contributed by atoms with van der Waals surface area (Å²) < 4.78 is 5.60. The van der Waals surface area contributed by atoms with Crippen molar-refractivity contribution in [2.75, 3.05) is 13.2 Å². The molecule has 4 N–H and O–H groups in total. The fourth-order valence-corrected chi connectivity index (χ4v) is 4.70. The summed E-state index contributed by atoms with van der Waals surface area (Å²) in [5.41, 5.74) is 4.35. The van der Waals surface area contributed by atoms with Crippen LogP contribution in [0.2, 0.25) is 0 Å². The van der Waals surface area contributed by atoms with Gasteiger partial charge in [0.25, 0.3) is 0 Å². The summed E-state index contributed by atoms with van der Waals surface area (Å²) in [6.45, 7) is 0.174. The minimum atomic E-state index is -0.914. The van der Waals surface area contributed by atoms with Crippen LogP contribution in [0.4, 0.5) is 4.79 Å². The predicted molar refractivity (Wildman–Crippen MR) is 129 cm³/mol. The Kier molecular flexibility index (Phi) is 6.03. The van der Waals surface area contributed by atoms with Gasteiger partial charge in [0.2, 0.25) is 5.91 Å². The number of H-pyrrole nitrogens is 1. The summed E-state index contributed by atoms with van der Waals surface area (Å²) in [4.78, 5) is 40.1. The van der Waals surface area contributed by atoms with Crippen molar-refractivity contribution >= 4 is 18.0 Å². The summed E-state index contributed by atoms with van der Waals surface area (Å²) in [7, 11) is 0. The Labute approximate surface area is 202 Å². The fourth-order valence-electron chi connectivity index (χ4n) is 4.70. The van der Waals surface area contributed by atoms with E-state index in [9.17, 15) is 19.5 Å². The van der Waals surface area contributed by atoms with E-state index >= 15 is 0 Å². The number of benzene rings is 2. The zero-order valence-corrected chi connectivity index (χ0v) is 19.1. The number of amides is 2. The van der Waals surface area contributed by atoms with E-state index in [2.05, 4.69) is 27.8 Å². The highest BCUT2D eigenvalue weighted by molar-refractivity contribution is 5.87. The van der Waals surface area contributed by atoms with Gasteiger partial charge in [-0.1, -0.05) is 48.5 Å². The number of aromatic amines is 1. The normalized spacial score (nSPS) is 16.0. The van der Waals surface area contributed by atoms with E-state index in [4.69, 9.17) is 4.74 Å². The van der Waals surface area contributed by atoms with E-state index in [0.29, 0.717) is 12.8 Å². The lowest BCUT2D eigenvalue weighted by atomic mass is 9.98. The molecule has 3 aromatic rings. The molecule has 8 heteroatoms. The second kappa shape index (κ2) is 9.29. The zero-order chi connectivity index (χ0) is 24.4. The molecule has 1 saturated carbocycles. The Morgan fingerprint density at radius 3 is 2.23 bits per heavy atom. The van der Waals surface area contributed by atoms with Crippen molar-refractivity contribution < 1.29 is 24.2 Å². The van der Waals surface area contributed by atoms with Crippen LogP contribution in [0.1, 0.15) is 35.6 Å². The molecule has 5 rings (SSSR count). The molecule has 1 heterocycles. The molecular weight excluding hydrogens is 446 g/mol. The SMILES string of the molecule is O=C(NC(Cc1ccc[nH]1)C(=O)NCC1(C(=O)O)CC1)OCC1c2ccccc2-c2ccccc21. The molecule has 0 radical (unpaired) electrons. The topological polar surface area (TPSA) is 121 Å². The highest BCUT2D eigenvalue weighted by atomic mass is 16.5. The van der Waals surface area contributed by atoms with Crippen LogP contribution in [0, 0.1) is 5.41 Å². The van der Waals surface area contributed by atoms with Gasteiger partial charge >= 0.3 is 12.1 Å². The van der Waals surface area contributed by atoms with Crippen LogP contribution in [0.5, 0.6) is 0 Å². The molecule has 2 aromatic carbocycles. The minimum Gasteiger partial charge on any atom is -0.481 e. The molecule has 2 aliphatic carbocycles. The molecule has 1 aromatic heterocycles. The smallest absolute Gasteiger partial charge is 0.407 e. The van der Waals surface area contributed by atoms with Crippen molar-refractivity contribution in [1.29, 1.82) is 0 Å². The average molecular weight is 474 g/mol. The number of hydrogen-bond acceptors (Lipinski definition) is 4. The van der Waals surface area contributed by atoms with E-state index in [1.807, 2.05) is 42.5 Å². The largest absolute Gasteiger partial charge is 0.481 e. The van der Waals surface area contributed by atoms with Gasteiger partial charge in [-0.25, -0.2) is 4.79 Å². The highest BCUT2D eigenvalue weighted by Crippen LogP contribution is 2.45. The molecule has 0 saturated heterocycles. The Morgan fingerprint density at radius 1 is 1.00 bits per heavy atom. The van der Waals surface area contributed by atoms with Gasteiger partial charge in [-0.05, 0) is 47.2 Å². The molecular formula is C27H27N3O5. The third-order valence-corrected chi connectivity index (χ3v) is 6.95. The van der Waals surface area contributed by atoms with Gasteiger partial charge in [0.15, 0.2) is 0 Å². The van der Waals surface area contributed by atoms with Crippen molar-refractivity contribution in [2.24, 2.45) is 5.41 Å². The molecule has 1 atom stereocenters. The van der Waals surface area contributed by atoms with Crippen molar-refractivity contribution in [3.63, 3.8) is 0 Å². The fraction of sp³-hybridized carbons (Fsp3) is 0.296. The number of alkyl carbamates (subject to hydrolysis) is 1. The summed E-state index contributed by atoms with van der Waals surface area (Å²) >= 11 is 0. The number of carbonyl (C=O) groups is 3. The minimum absolute atomic E-state index is 0.0365. The van der Waals surface area contributed by atoms with Crippen LogP contribution in [0.3, 0.4) is 0 Å². The van der Waals surface area contributed by atoms with Crippen molar-refractivity contribution in [1.82, 2.24) is 15.6 Å². The predicted octanol–water partition coefficient (Wildman–Crippen LogP) is 3.45. The number of aromatic nitrogens is 1. The molecule has 2 aliphatic rings. The van der Waals surface area contributed by atoms with Crippen molar-refractivity contribution in [2.45, 2.75) is 31.2 Å². The van der Waals surface area contributed by atoms with Crippen LogP contribution < -0.4 is 10.6 Å². The number of rotatable bonds is 9. The highest BCUT2D eigenvalue weighted by Gasteiger charge is 2.50. The molecule has 35 heavy (non-hydrogen) atoms. The molecule has 0 aliphatic heterocycles. The van der Waals surface area contributed by atoms with Crippen molar-refractivity contribution in [3.05, 3.63) is 83.7 Å². The van der Waals surface area contributed by atoms with Gasteiger partial charge < -0.3 is 25.5 Å². The van der Waals surface area contributed by atoms with E-state index in [0.717, 1.165) is 27.9 Å². The monoisotopic (exact) mass is 473 g/mol. The van der Waals surface area contributed by atoms with Gasteiger partial charge in [0.05, 0.1) is 5.41 Å². The summed E-state index contributed by atoms with van der Waals surface area (Å²) in [6, 6.07) is 18.9. The number of carbonyl (C=O) groups excluding carboxylic acids is 2. The average Bonchev–Trinajstić information content (AvgIpc) is 3.37. The molecule has 0 spiro atoms. The van der Waals surface area contributed by atoms with E-state index in [-0.39, 0.29) is 25.5 Å². The quantitative estimate of drug-likeness (QED) is 0.379. The standard InChI is InChI=1S/C27H27N3O5/c31-24(29-16-27(11-12-27)25(32)33)23(14-17-6-5-13-28-17)30-26(34)35-15-22-20-9-3-1-7-18(20)19-8-2-4-10-21(19)22/h1-10,13,22-23,28H,11-12,14-16H2,(H,29,31)(H,30,34)(H,32,33). The third kappa shape index (κ3) is 4.64. The zero-order valence-electron chi connectivity index (χ0n) is 19.1. The maximum atomic E-state index is 12.9. The van der Waals surface area contributed by atoms with Gasteiger partial charge in [-0.3, -0.25) is 9.59 Å². The number of aliphatic carboxylic acids is 1. The number of carboxylic acids is 1. The van der Waals surface area contributed by atoms with Crippen LogP contribution in [0.25, 0.3) is 11.1 Å². The number of hydrogen-bond donors (Lipinski definition) is 4. The first-order valence-electron chi connectivity index (χ1n) is 11.7. The number of carboxylic acid groups (broad SMARTS) is 1. The molecule has 8 nitrogen and oxygen atoms in total. The third-order valence-electron chi connectivity index (χ3n) is 6.95. The van der Waals surface area contributed by atoms with Gasteiger partial charge in [0, 0.05) is 30.8 Å². The molecule has 1 fully saturated rings. The van der Waals surface area contributed by atoms with Crippen LogP contribution in [-0.2, 0) is 20.7 Å². The summed E-state index contributed by atoms with van der Waals surface area (Å²) in [6.07, 6.45) is 2.33. The number of nitrogens with one attached hydrogen (secondary N) is 3. The second-order valence-corrected chi connectivity index (χ2v) is 9.23. The first kappa shape index (κ1) is 22.7. The maximum Gasteiger partial charge on any atom is 0.407 e. The van der Waals surface area contributed by atoms with Gasteiger partial charge in [-0.2, -0.15) is 0 Å². The van der Waals surface area contributed by atoms with E-state index in [1.165, 1.54) is 0 Å². The lowest BCUT2D eigenvalue weighted by Gasteiger charge is -2.20. The maximum absolute atomic E-state index is 12.9.